The van der Waals surface area contributed by atoms with E-state index in [-0.39, 0.29) is 5.56 Å². The van der Waals surface area contributed by atoms with Crippen molar-refractivity contribution in [1.29, 1.82) is 0 Å². The largest absolute Gasteiger partial charge is 0.545 e. The summed E-state index contributed by atoms with van der Waals surface area (Å²) in [6, 6.07) is 6.45. The molecule has 0 radical (unpaired) electrons. The third kappa shape index (κ3) is 3.98. The van der Waals surface area contributed by atoms with Crippen molar-refractivity contribution in [2.75, 3.05) is 6.61 Å². The van der Waals surface area contributed by atoms with E-state index < -0.39 is 5.97 Å². The molecule has 0 aromatic heterocycles. The first kappa shape index (κ1) is 13.9. The van der Waals surface area contributed by atoms with Gasteiger partial charge in [-0.3, -0.25) is 0 Å². The first-order valence-electron chi connectivity index (χ1n) is 7.13. The lowest BCUT2D eigenvalue weighted by molar-refractivity contribution is -0.255. The van der Waals surface area contributed by atoms with Crippen LogP contribution in [0.1, 0.15) is 49.4 Å². The minimum atomic E-state index is -1.15. The number of ether oxygens (including phenoxy) is 1. The second-order valence-electron chi connectivity index (χ2n) is 5.42. The molecule has 0 atom stereocenters. The van der Waals surface area contributed by atoms with Gasteiger partial charge in [0, 0.05) is 0 Å². The van der Waals surface area contributed by atoms with Crippen LogP contribution in [-0.2, 0) is 0 Å². The Hall–Kier alpha value is -1.51. The summed E-state index contributed by atoms with van der Waals surface area (Å²) in [4.78, 5) is 10.6. The molecule has 1 aliphatic rings. The number of carboxylic acids is 1. The molecule has 19 heavy (non-hydrogen) atoms. The fraction of sp³-hybridized carbons (Fsp3) is 0.562. The normalized spacial score (nSPS) is 23.0. The van der Waals surface area contributed by atoms with Crippen molar-refractivity contribution < 1.29 is 14.6 Å². The van der Waals surface area contributed by atoms with Crippen molar-refractivity contribution in [3.05, 3.63) is 29.8 Å². The molecule has 2 rings (SSSR count). The van der Waals surface area contributed by atoms with Crippen LogP contribution in [0.5, 0.6) is 5.75 Å². The molecule has 0 aliphatic heterocycles. The molecular formula is C16H21O3-. The molecule has 0 bridgehead atoms. The Morgan fingerprint density at radius 3 is 2.26 bits per heavy atom. The zero-order chi connectivity index (χ0) is 13.7. The van der Waals surface area contributed by atoms with Gasteiger partial charge < -0.3 is 14.6 Å². The molecule has 1 aliphatic carbocycles. The first-order chi connectivity index (χ1) is 9.19. The molecule has 3 heteroatoms. The number of carbonyl (C=O) groups excluding carboxylic acids is 1. The average Bonchev–Trinajstić information content (AvgIpc) is 2.46. The maximum atomic E-state index is 10.6. The zero-order valence-corrected chi connectivity index (χ0v) is 11.4. The van der Waals surface area contributed by atoms with Crippen molar-refractivity contribution in [3.8, 4) is 5.75 Å². The second-order valence-corrected chi connectivity index (χ2v) is 5.42. The fourth-order valence-corrected chi connectivity index (χ4v) is 2.71. The Morgan fingerprint density at radius 2 is 1.74 bits per heavy atom. The van der Waals surface area contributed by atoms with Gasteiger partial charge in [-0.15, -0.1) is 0 Å². The Bertz CT molecular complexity index is 403. The molecule has 0 unspecified atom stereocenters. The highest BCUT2D eigenvalue weighted by Crippen LogP contribution is 2.30. The van der Waals surface area contributed by atoms with E-state index in [1.165, 1.54) is 44.2 Å². The van der Waals surface area contributed by atoms with Gasteiger partial charge in [0.15, 0.2) is 0 Å². The van der Waals surface area contributed by atoms with Crippen molar-refractivity contribution in [1.82, 2.24) is 0 Å². The van der Waals surface area contributed by atoms with E-state index in [0.717, 1.165) is 18.3 Å². The average molecular weight is 261 g/mol. The molecule has 3 nitrogen and oxygen atoms in total. The van der Waals surface area contributed by atoms with E-state index in [4.69, 9.17) is 4.74 Å². The number of hydrogen-bond donors (Lipinski definition) is 0. The summed E-state index contributed by atoms with van der Waals surface area (Å²) in [5.41, 5.74) is 0.191. The Labute approximate surface area is 114 Å². The highest BCUT2D eigenvalue weighted by molar-refractivity contribution is 5.85. The van der Waals surface area contributed by atoms with E-state index in [1.807, 2.05) is 0 Å². The van der Waals surface area contributed by atoms with Crippen molar-refractivity contribution in [3.63, 3.8) is 0 Å². The first-order valence-corrected chi connectivity index (χ1v) is 7.13. The topological polar surface area (TPSA) is 49.4 Å². The van der Waals surface area contributed by atoms with Gasteiger partial charge in [0.25, 0.3) is 0 Å². The number of aromatic carboxylic acids is 1. The van der Waals surface area contributed by atoms with Gasteiger partial charge in [0.2, 0.25) is 0 Å². The highest BCUT2D eigenvalue weighted by Gasteiger charge is 2.20. The highest BCUT2D eigenvalue weighted by atomic mass is 16.5. The molecule has 1 aromatic rings. The predicted molar refractivity (Wildman–Crippen MR) is 72.0 cm³/mol. The number of hydrogen-bond acceptors (Lipinski definition) is 3. The van der Waals surface area contributed by atoms with Crippen LogP contribution in [0, 0.1) is 11.8 Å². The van der Waals surface area contributed by atoms with Gasteiger partial charge in [-0.1, -0.05) is 26.2 Å². The minimum absolute atomic E-state index is 0.191. The third-order valence-electron chi connectivity index (χ3n) is 4.12. The van der Waals surface area contributed by atoms with Crippen LogP contribution in [0.3, 0.4) is 0 Å². The molecule has 0 heterocycles. The van der Waals surface area contributed by atoms with E-state index in [1.54, 1.807) is 12.1 Å². The predicted octanol–water partition coefficient (Wildman–Crippen LogP) is 2.65. The van der Waals surface area contributed by atoms with Crippen LogP contribution in [0.15, 0.2) is 24.3 Å². The van der Waals surface area contributed by atoms with Crippen molar-refractivity contribution >= 4 is 5.97 Å². The van der Waals surface area contributed by atoms with Crippen LogP contribution in [0.25, 0.3) is 0 Å². The lowest BCUT2D eigenvalue weighted by Crippen LogP contribution is -2.22. The minimum Gasteiger partial charge on any atom is -0.545 e. The van der Waals surface area contributed by atoms with Gasteiger partial charge in [0.05, 0.1) is 12.6 Å². The van der Waals surface area contributed by atoms with Gasteiger partial charge in [0.1, 0.15) is 5.75 Å². The van der Waals surface area contributed by atoms with E-state index >= 15 is 0 Å². The quantitative estimate of drug-likeness (QED) is 0.818. The number of carbonyl (C=O) groups is 1. The SMILES string of the molecule is CCC1CCC(COc2ccc(C(=O)[O-])cc2)CC1. The molecule has 1 aromatic carbocycles. The summed E-state index contributed by atoms with van der Waals surface area (Å²) >= 11 is 0. The summed E-state index contributed by atoms with van der Waals surface area (Å²) in [6.45, 7) is 3.00. The van der Waals surface area contributed by atoms with Crippen LogP contribution in [-0.4, -0.2) is 12.6 Å². The summed E-state index contributed by atoms with van der Waals surface area (Å²) < 4.78 is 5.74. The Balaban J connectivity index is 1.78. The van der Waals surface area contributed by atoms with Crippen molar-refractivity contribution in [2.24, 2.45) is 11.8 Å². The third-order valence-corrected chi connectivity index (χ3v) is 4.12. The van der Waals surface area contributed by atoms with Gasteiger partial charge >= 0.3 is 0 Å². The van der Waals surface area contributed by atoms with Crippen LogP contribution in [0.4, 0.5) is 0 Å². The fourth-order valence-electron chi connectivity index (χ4n) is 2.71. The van der Waals surface area contributed by atoms with Gasteiger partial charge in [-0.25, -0.2) is 0 Å². The lowest BCUT2D eigenvalue weighted by Gasteiger charge is -2.27. The van der Waals surface area contributed by atoms with E-state index in [9.17, 15) is 9.90 Å². The molecule has 0 amide bonds. The standard InChI is InChI=1S/C16H22O3/c1-2-12-3-5-13(6-4-12)11-19-15-9-7-14(8-10-15)16(17)18/h7-10,12-13H,2-6,11H2,1H3,(H,17,18)/p-1. The number of rotatable bonds is 5. The summed E-state index contributed by atoms with van der Waals surface area (Å²) in [7, 11) is 0. The summed E-state index contributed by atoms with van der Waals surface area (Å²) in [6.07, 6.45) is 6.41. The van der Waals surface area contributed by atoms with Crippen LogP contribution in [0.2, 0.25) is 0 Å². The van der Waals surface area contributed by atoms with Crippen molar-refractivity contribution in [2.45, 2.75) is 39.0 Å². The number of benzene rings is 1. The molecule has 1 fully saturated rings. The Morgan fingerprint density at radius 1 is 1.16 bits per heavy atom. The van der Waals surface area contributed by atoms with Crippen LogP contribution < -0.4 is 9.84 Å². The number of carboxylic acid groups (broad SMARTS) is 1. The molecule has 104 valence electrons. The zero-order valence-electron chi connectivity index (χ0n) is 11.4. The van der Waals surface area contributed by atoms with Crippen LogP contribution >= 0.6 is 0 Å². The monoisotopic (exact) mass is 261 g/mol. The molecule has 0 spiro atoms. The molecular weight excluding hydrogens is 240 g/mol. The van der Waals surface area contributed by atoms with E-state index in [0.29, 0.717) is 5.92 Å². The molecule has 1 saturated carbocycles. The van der Waals surface area contributed by atoms with Gasteiger partial charge in [-0.05, 0) is 54.5 Å². The summed E-state index contributed by atoms with van der Waals surface area (Å²) in [5, 5.41) is 10.6. The maximum absolute atomic E-state index is 10.6. The van der Waals surface area contributed by atoms with Gasteiger partial charge in [-0.2, -0.15) is 0 Å². The second kappa shape index (κ2) is 6.60. The smallest absolute Gasteiger partial charge is 0.119 e. The summed E-state index contributed by atoms with van der Waals surface area (Å²) in [5.74, 6) is 1.13. The van der Waals surface area contributed by atoms with E-state index in [2.05, 4.69) is 6.92 Å². The molecule has 0 saturated heterocycles. The Kier molecular flexibility index (Phi) is 4.83. The lowest BCUT2D eigenvalue weighted by atomic mass is 9.81. The maximum Gasteiger partial charge on any atom is 0.119 e. The molecule has 0 N–H and O–H groups in total.